The van der Waals surface area contributed by atoms with Gasteiger partial charge in [0.15, 0.2) is 6.61 Å². The number of esters is 1. The highest BCUT2D eigenvalue weighted by molar-refractivity contribution is 8.00. The van der Waals surface area contributed by atoms with Crippen LogP contribution in [0.25, 0.3) is 0 Å². The smallest absolute Gasteiger partial charge is 0.344 e. The fraction of sp³-hybridized carbons (Fsp3) is 0.588. The minimum Gasteiger partial charge on any atom is -0.482 e. The van der Waals surface area contributed by atoms with Gasteiger partial charge in [0.1, 0.15) is 5.75 Å². The Morgan fingerprint density at radius 2 is 1.84 bits per heavy atom. The van der Waals surface area contributed by atoms with E-state index in [0.29, 0.717) is 18.8 Å². The number of carbonyl (C=O) groups is 1. The van der Waals surface area contributed by atoms with E-state index >= 15 is 0 Å². The van der Waals surface area contributed by atoms with Crippen molar-refractivity contribution in [1.29, 1.82) is 0 Å². The average Bonchev–Trinajstić information content (AvgIpc) is 2.53. The van der Waals surface area contributed by atoms with Gasteiger partial charge in [-0.2, -0.15) is 8.42 Å². The van der Waals surface area contributed by atoms with E-state index in [9.17, 15) is 13.2 Å². The largest absolute Gasteiger partial charge is 0.482 e. The number of rotatable bonds is 12. The molecule has 1 unspecified atom stereocenters. The number of ether oxygens (including phenoxy) is 2. The Morgan fingerprint density at radius 3 is 2.40 bits per heavy atom. The summed E-state index contributed by atoms with van der Waals surface area (Å²) in [7, 11) is -3.39. The van der Waals surface area contributed by atoms with Crippen LogP contribution in [0.15, 0.2) is 29.2 Å². The Morgan fingerprint density at radius 1 is 1.16 bits per heavy atom. The van der Waals surface area contributed by atoms with Crippen LogP contribution in [0.3, 0.4) is 0 Å². The van der Waals surface area contributed by atoms with Gasteiger partial charge in [-0.05, 0) is 44.0 Å². The summed E-state index contributed by atoms with van der Waals surface area (Å²) in [5.74, 6) is 0.208. The predicted octanol–water partition coefficient (Wildman–Crippen LogP) is 3.26. The molecule has 142 valence electrons. The maximum absolute atomic E-state index is 11.3. The van der Waals surface area contributed by atoms with E-state index in [0.717, 1.165) is 24.0 Å². The molecule has 0 amide bonds. The second-order valence-electron chi connectivity index (χ2n) is 5.41. The van der Waals surface area contributed by atoms with E-state index in [1.165, 1.54) is 0 Å². The summed E-state index contributed by atoms with van der Waals surface area (Å²) in [6.45, 7) is 4.26. The fourth-order valence-electron chi connectivity index (χ4n) is 2.07. The molecule has 0 aliphatic heterocycles. The molecule has 0 aliphatic rings. The van der Waals surface area contributed by atoms with Crippen molar-refractivity contribution in [3.8, 4) is 5.75 Å². The summed E-state index contributed by atoms with van der Waals surface area (Å²) in [6.07, 6.45) is 3.70. The third-order valence-electron chi connectivity index (χ3n) is 3.14. The molecule has 0 saturated carbocycles. The van der Waals surface area contributed by atoms with Crippen LogP contribution >= 0.6 is 11.8 Å². The first kappa shape index (κ1) is 21.8. The lowest BCUT2D eigenvalue weighted by Crippen LogP contribution is -2.14. The SMILES string of the molecule is CCCC(CCOS(C)(=O)=O)Sc1ccc(OCC(=O)OCC)cc1. The number of carbonyl (C=O) groups excluding carboxylic acids is 1. The molecule has 8 heteroatoms. The Bertz CT molecular complexity index is 613. The van der Waals surface area contributed by atoms with Crippen molar-refractivity contribution in [1.82, 2.24) is 0 Å². The van der Waals surface area contributed by atoms with Crippen molar-refractivity contribution in [2.75, 3.05) is 26.1 Å². The van der Waals surface area contributed by atoms with Crippen molar-refractivity contribution >= 4 is 27.8 Å². The number of hydrogen-bond donors (Lipinski definition) is 0. The zero-order chi connectivity index (χ0) is 18.7. The first-order valence-corrected chi connectivity index (χ1v) is 10.9. The van der Waals surface area contributed by atoms with Gasteiger partial charge in [-0.25, -0.2) is 4.79 Å². The molecule has 0 aliphatic carbocycles. The van der Waals surface area contributed by atoms with Gasteiger partial charge >= 0.3 is 5.97 Å². The van der Waals surface area contributed by atoms with Crippen molar-refractivity contribution in [2.45, 2.75) is 43.3 Å². The lowest BCUT2D eigenvalue weighted by atomic mass is 10.2. The quantitative estimate of drug-likeness (QED) is 0.308. The van der Waals surface area contributed by atoms with Crippen LogP contribution in [0.1, 0.15) is 33.1 Å². The maximum atomic E-state index is 11.3. The Hall–Kier alpha value is -1.25. The second kappa shape index (κ2) is 11.4. The summed E-state index contributed by atoms with van der Waals surface area (Å²) in [4.78, 5) is 12.3. The second-order valence-corrected chi connectivity index (χ2v) is 8.43. The van der Waals surface area contributed by atoms with Crippen molar-refractivity contribution in [2.24, 2.45) is 0 Å². The third-order valence-corrected chi connectivity index (χ3v) is 5.08. The Kier molecular flexibility index (Phi) is 9.92. The summed E-state index contributed by atoms with van der Waals surface area (Å²) in [5, 5.41) is 0.276. The molecule has 6 nitrogen and oxygen atoms in total. The molecule has 1 atom stereocenters. The van der Waals surface area contributed by atoms with Gasteiger partial charge < -0.3 is 9.47 Å². The van der Waals surface area contributed by atoms with Crippen LogP contribution in [0.5, 0.6) is 5.75 Å². The Labute approximate surface area is 154 Å². The lowest BCUT2D eigenvalue weighted by molar-refractivity contribution is -0.145. The molecule has 1 aromatic rings. The summed E-state index contributed by atoms with van der Waals surface area (Å²) >= 11 is 1.68. The molecule has 1 aromatic carbocycles. The van der Waals surface area contributed by atoms with Crippen molar-refractivity contribution in [3.63, 3.8) is 0 Å². The molecule has 0 N–H and O–H groups in total. The van der Waals surface area contributed by atoms with Crippen LogP contribution in [0, 0.1) is 0 Å². The third kappa shape index (κ3) is 10.4. The first-order chi connectivity index (χ1) is 11.8. The molecule has 0 fully saturated rings. The molecule has 0 aromatic heterocycles. The Balaban J connectivity index is 2.50. The van der Waals surface area contributed by atoms with Crippen LogP contribution < -0.4 is 4.74 Å². The highest BCUT2D eigenvalue weighted by Crippen LogP contribution is 2.30. The molecule has 25 heavy (non-hydrogen) atoms. The van der Waals surface area contributed by atoms with Crippen LogP contribution in [-0.4, -0.2) is 45.7 Å². The van der Waals surface area contributed by atoms with Gasteiger partial charge in [0.2, 0.25) is 0 Å². The van der Waals surface area contributed by atoms with Gasteiger partial charge in [-0.1, -0.05) is 13.3 Å². The monoisotopic (exact) mass is 390 g/mol. The summed E-state index contributed by atoms with van der Waals surface area (Å²) < 4.78 is 37.1. The van der Waals surface area contributed by atoms with Crippen molar-refractivity contribution in [3.05, 3.63) is 24.3 Å². The van der Waals surface area contributed by atoms with E-state index in [2.05, 4.69) is 6.92 Å². The topological polar surface area (TPSA) is 78.9 Å². The molecule has 0 radical (unpaired) electrons. The zero-order valence-electron chi connectivity index (χ0n) is 14.9. The highest BCUT2D eigenvalue weighted by atomic mass is 32.2. The zero-order valence-corrected chi connectivity index (χ0v) is 16.5. The molecule has 0 saturated heterocycles. The first-order valence-electron chi connectivity index (χ1n) is 8.23. The van der Waals surface area contributed by atoms with E-state index in [4.69, 9.17) is 13.7 Å². The van der Waals surface area contributed by atoms with E-state index in [-0.39, 0.29) is 18.5 Å². The number of hydrogen-bond acceptors (Lipinski definition) is 7. The number of benzene rings is 1. The molecular formula is C17H26O6S2. The minimum absolute atomic E-state index is 0.110. The lowest BCUT2D eigenvalue weighted by Gasteiger charge is -2.15. The molecule has 0 spiro atoms. The average molecular weight is 391 g/mol. The van der Waals surface area contributed by atoms with Crippen LogP contribution in [0.4, 0.5) is 0 Å². The van der Waals surface area contributed by atoms with Gasteiger partial charge in [-0.3, -0.25) is 4.18 Å². The van der Waals surface area contributed by atoms with Gasteiger partial charge in [-0.15, -0.1) is 11.8 Å². The molecule has 0 heterocycles. The maximum Gasteiger partial charge on any atom is 0.344 e. The highest BCUT2D eigenvalue weighted by Gasteiger charge is 2.12. The van der Waals surface area contributed by atoms with Gasteiger partial charge in [0.25, 0.3) is 10.1 Å². The van der Waals surface area contributed by atoms with Crippen LogP contribution in [-0.2, 0) is 23.8 Å². The van der Waals surface area contributed by atoms with Gasteiger partial charge in [0.05, 0.1) is 19.5 Å². The molecule has 1 rings (SSSR count). The van der Waals surface area contributed by atoms with Gasteiger partial charge in [0, 0.05) is 10.1 Å². The normalized spacial score (nSPS) is 12.6. The van der Waals surface area contributed by atoms with Crippen LogP contribution in [0.2, 0.25) is 0 Å². The molecule has 0 bridgehead atoms. The number of thioether (sulfide) groups is 1. The van der Waals surface area contributed by atoms with Crippen molar-refractivity contribution < 1.29 is 26.9 Å². The van der Waals surface area contributed by atoms with E-state index in [1.807, 2.05) is 12.1 Å². The predicted molar refractivity (Wildman–Crippen MR) is 98.5 cm³/mol. The van der Waals surface area contributed by atoms with E-state index < -0.39 is 16.1 Å². The van der Waals surface area contributed by atoms with E-state index in [1.54, 1.807) is 30.8 Å². The molecular weight excluding hydrogens is 364 g/mol. The summed E-state index contributed by atoms with van der Waals surface area (Å²) in [5.41, 5.74) is 0. The standard InChI is InChI=1S/C17H26O6S2/c1-4-6-15(11-12-23-25(3,19)20)24-16-9-7-14(8-10-16)22-13-17(18)21-5-2/h7-10,15H,4-6,11-13H2,1-3H3. The fourth-order valence-corrected chi connectivity index (χ4v) is 3.71. The summed E-state index contributed by atoms with van der Waals surface area (Å²) in [6, 6.07) is 7.45. The minimum atomic E-state index is -3.39.